The maximum Gasteiger partial charge on any atom is 0.0798 e. The molecular formula is C9H16N2S. The number of nitrogens with zero attached hydrogens (tertiary/aromatic N) is 1. The number of hydrogen-bond acceptors (Lipinski definition) is 3. The molecule has 68 valence electrons. The average molecular weight is 184 g/mol. The summed E-state index contributed by atoms with van der Waals surface area (Å²) in [5.41, 5.74) is 3.32. The first-order valence-corrected chi connectivity index (χ1v) is 5.01. The summed E-state index contributed by atoms with van der Waals surface area (Å²) in [6.45, 7) is 7.51. The van der Waals surface area contributed by atoms with Crippen LogP contribution in [0.25, 0.3) is 0 Å². The highest BCUT2D eigenvalue weighted by Gasteiger charge is 2.19. The first kappa shape index (κ1) is 9.68. The van der Waals surface area contributed by atoms with Gasteiger partial charge in [0.2, 0.25) is 0 Å². The Bertz CT molecular complexity index is 247. The van der Waals surface area contributed by atoms with Crippen LogP contribution >= 0.6 is 11.3 Å². The monoisotopic (exact) mass is 184 g/mol. The molecule has 0 spiro atoms. The van der Waals surface area contributed by atoms with E-state index in [1.54, 1.807) is 11.3 Å². The van der Waals surface area contributed by atoms with Crippen LogP contribution in [0.2, 0.25) is 0 Å². The largest absolute Gasteiger partial charge is 0.315 e. The van der Waals surface area contributed by atoms with Gasteiger partial charge >= 0.3 is 0 Å². The van der Waals surface area contributed by atoms with E-state index in [4.69, 9.17) is 0 Å². The lowest BCUT2D eigenvalue weighted by Gasteiger charge is -2.17. The van der Waals surface area contributed by atoms with Crippen LogP contribution in [0.4, 0.5) is 0 Å². The second-order valence-electron chi connectivity index (χ2n) is 3.90. The molecule has 0 saturated heterocycles. The lowest BCUT2D eigenvalue weighted by molar-refractivity contribution is 0.563. The lowest BCUT2D eigenvalue weighted by atomic mass is 9.91. The van der Waals surface area contributed by atoms with Crippen LogP contribution < -0.4 is 5.32 Å². The van der Waals surface area contributed by atoms with E-state index in [1.807, 2.05) is 12.6 Å². The fourth-order valence-corrected chi connectivity index (χ4v) is 2.15. The highest BCUT2D eigenvalue weighted by atomic mass is 32.1. The quantitative estimate of drug-likeness (QED) is 0.762. The molecule has 3 heteroatoms. The normalized spacial score (nSPS) is 12.0. The van der Waals surface area contributed by atoms with Gasteiger partial charge in [-0.25, -0.2) is 4.98 Å². The van der Waals surface area contributed by atoms with Gasteiger partial charge in [0.05, 0.1) is 11.2 Å². The van der Waals surface area contributed by atoms with Crippen LogP contribution in [-0.4, -0.2) is 12.0 Å². The third-order valence-corrected chi connectivity index (χ3v) is 2.52. The number of thiazole rings is 1. The Hall–Kier alpha value is -0.410. The Kier molecular flexibility index (Phi) is 2.85. The molecule has 0 bridgehead atoms. The minimum atomic E-state index is 0.173. The Balaban J connectivity index is 2.91. The van der Waals surface area contributed by atoms with Crippen molar-refractivity contribution in [1.29, 1.82) is 0 Å². The van der Waals surface area contributed by atoms with Gasteiger partial charge in [-0.3, -0.25) is 0 Å². The zero-order chi connectivity index (χ0) is 9.19. The van der Waals surface area contributed by atoms with Gasteiger partial charge in [-0.2, -0.15) is 0 Å². The molecule has 2 nitrogen and oxygen atoms in total. The van der Waals surface area contributed by atoms with E-state index in [2.05, 4.69) is 31.1 Å². The molecule has 1 N–H and O–H groups in total. The summed E-state index contributed by atoms with van der Waals surface area (Å²) in [6.07, 6.45) is 0. The van der Waals surface area contributed by atoms with Crippen molar-refractivity contribution in [2.24, 2.45) is 0 Å². The van der Waals surface area contributed by atoms with Gasteiger partial charge in [0.25, 0.3) is 0 Å². The van der Waals surface area contributed by atoms with Gasteiger partial charge in [0.1, 0.15) is 0 Å². The molecule has 0 amide bonds. The second kappa shape index (κ2) is 3.54. The third kappa shape index (κ3) is 2.05. The number of aromatic nitrogens is 1. The summed E-state index contributed by atoms with van der Waals surface area (Å²) >= 11 is 1.73. The fraction of sp³-hybridized carbons (Fsp3) is 0.667. The second-order valence-corrected chi connectivity index (χ2v) is 4.84. The first-order chi connectivity index (χ1) is 5.55. The standard InChI is InChI=1S/C9H16N2S/c1-9(2,3)8-7(5-10-4)12-6-11-8/h6,10H,5H2,1-4H3. The topological polar surface area (TPSA) is 24.9 Å². The molecule has 0 aliphatic rings. The van der Waals surface area contributed by atoms with Crippen molar-refractivity contribution < 1.29 is 0 Å². The number of nitrogens with one attached hydrogen (secondary N) is 1. The van der Waals surface area contributed by atoms with E-state index in [1.165, 1.54) is 10.6 Å². The average Bonchev–Trinajstić information content (AvgIpc) is 2.34. The zero-order valence-corrected chi connectivity index (χ0v) is 8.96. The summed E-state index contributed by atoms with van der Waals surface area (Å²) < 4.78 is 0. The number of rotatable bonds is 2. The highest BCUT2D eigenvalue weighted by molar-refractivity contribution is 7.09. The highest BCUT2D eigenvalue weighted by Crippen LogP contribution is 2.26. The minimum Gasteiger partial charge on any atom is -0.315 e. The maximum absolute atomic E-state index is 4.38. The van der Waals surface area contributed by atoms with Crippen molar-refractivity contribution in [2.75, 3.05) is 7.05 Å². The smallest absolute Gasteiger partial charge is 0.0798 e. The molecule has 0 aliphatic heterocycles. The van der Waals surface area contributed by atoms with Gasteiger partial charge in [0.15, 0.2) is 0 Å². The zero-order valence-electron chi connectivity index (χ0n) is 8.14. The summed E-state index contributed by atoms with van der Waals surface area (Å²) in [4.78, 5) is 5.74. The predicted molar refractivity (Wildman–Crippen MR) is 53.6 cm³/mol. The predicted octanol–water partition coefficient (Wildman–Crippen LogP) is 2.16. The van der Waals surface area contributed by atoms with Crippen molar-refractivity contribution in [3.8, 4) is 0 Å². The van der Waals surface area contributed by atoms with Gasteiger partial charge in [0, 0.05) is 16.8 Å². The molecule has 1 aromatic heterocycles. The van der Waals surface area contributed by atoms with E-state index in [0.29, 0.717) is 0 Å². The molecule has 0 aliphatic carbocycles. The van der Waals surface area contributed by atoms with Crippen molar-refractivity contribution >= 4 is 11.3 Å². The lowest BCUT2D eigenvalue weighted by Crippen LogP contribution is -2.16. The number of hydrogen-bond donors (Lipinski definition) is 1. The summed E-state index contributed by atoms with van der Waals surface area (Å²) in [5.74, 6) is 0. The molecule has 0 atom stereocenters. The third-order valence-electron chi connectivity index (χ3n) is 1.69. The van der Waals surface area contributed by atoms with Crippen LogP contribution in [0.3, 0.4) is 0 Å². The van der Waals surface area contributed by atoms with Gasteiger partial charge in [-0.05, 0) is 7.05 Å². The van der Waals surface area contributed by atoms with Crippen molar-refractivity contribution in [1.82, 2.24) is 10.3 Å². The van der Waals surface area contributed by atoms with Crippen LogP contribution in [0, 0.1) is 0 Å². The molecule has 1 rings (SSSR count). The molecule has 0 saturated carbocycles. The Morgan fingerprint density at radius 1 is 1.50 bits per heavy atom. The van der Waals surface area contributed by atoms with Crippen molar-refractivity contribution in [2.45, 2.75) is 32.7 Å². The SMILES string of the molecule is CNCc1scnc1C(C)(C)C. The van der Waals surface area contributed by atoms with E-state index < -0.39 is 0 Å². The first-order valence-electron chi connectivity index (χ1n) is 4.13. The van der Waals surface area contributed by atoms with Crippen LogP contribution in [-0.2, 0) is 12.0 Å². The molecule has 1 heterocycles. The Morgan fingerprint density at radius 2 is 2.17 bits per heavy atom. The summed E-state index contributed by atoms with van der Waals surface area (Å²) in [6, 6.07) is 0. The summed E-state index contributed by atoms with van der Waals surface area (Å²) in [5, 5.41) is 3.15. The molecule has 0 fully saturated rings. The van der Waals surface area contributed by atoms with Crippen LogP contribution in [0.5, 0.6) is 0 Å². The molecule has 0 radical (unpaired) electrons. The van der Waals surface area contributed by atoms with Crippen molar-refractivity contribution in [3.63, 3.8) is 0 Å². The molecular weight excluding hydrogens is 168 g/mol. The van der Waals surface area contributed by atoms with E-state index in [-0.39, 0.29) is 5.41 Å². The fourth-order valence-electron chi connectivity index (χ4n) is 1.17. The van der Waals surface area contributed by atoms with Gasteiger partial charge in [-0.15, -0.1) is 11.3 Å². The van der Waals surface area contributed by atoms with E-state index >= 15 is 0 Å². The van der Waals surface area contributed by atoms with Crippen LogP contribution in [0.15, 0.2) is 5.51 Å². The van der Waals surface area contributed by atoms with Crippen molar-refractivity contribution in [3.05, 3.63) is 16.1 Å². The van der Waals surface area contributed by atoms with Gasteiger partial charge < -0.3 is 5.32 Å². The molecule has 1 aromatic rings. The Morgan fingerprint density at radius 3 is 2.67 bits per heavy atom. The maximum atomic E-state index is 4.38. The molecule has 0 aromatic carbocycles. The minimum absolute atomic E-state index is 0.173. The van der Waals surface area contributed by atoms with E-state index in [0.717, 1.165) is 6.54 Å². The molecule has 0 unspecified atom stereocenters. The summed E-state index contributed by atoms with van der Waals surface area (Å²) in [7, 11) is 1.96. The van der Waals surface area contributed by atoms with E-state index in [9.17, 15) is 0 Å². The van der Waals surface area contributed by atoms with Gasteiger partial charge in [-0.1, -0.05) is 20.8 Å². The molecule has 12 heavy (non-hydrogen) atoms. The van der Waals surface area contributed by atoms with Crippen LogP contribution in [0.1, 0.15) is 31.3 Å². The Labute approximate surface area is 78.0 Å².